The first-order valence-electron chi connectivity index (χ1n) is 6.46. The number of esters is 1. The van der Waals surface area contributed by atoms with E-state index in [1.165, 1.54) is 4.31 Å². The Balaban J connectivity index is 2.78. The summed E-state index contributed by atoms with van der Waals surface area (Å²) in [5, 5.41) is 0. The normalized spacial score (nSPS) is 21.8. The highest BCUT2D eigenvalue weighted by Crippen LogP contribution is 2.20. The summed E-state index contributed by atoms with van der Waals surface area (Å²) in [6, 6.07) is -0.673. The SMILES string of the molecule is CCCNS(=O)(=O)N1CCCCC1C(=O)OCC. The van der Waals surface area contributed by atoms with E-state index in [0.717, 1.165) is 19.3 Å². The highest BCUT2D eigenvalue weighted by atomic mass is 32.2. The van der Waals surface area contributed by atoms with Crippen LogP contribution in [0, 0.1) is 0 Å². The second-order valence-electron chi connectivity index (χ2n) is 4.27. The molecule has 1 fully saturated rings. The van der Waals surface area contributed by atoms with Crippen LogP contribution in [-0.2, 0) is 19.7 Å². The van der Waals surface area contributed by atoms with Crippen molar-refractivity contribution in [2.24, 2.45) is 0 Å². The molecule has 1 saturated heterocycles. The number of hydrogen-bond donors (Lipinski definition) is 1. The molecule has 106 valence electrons. The van der Waals surface area contributed by atoms with Gasteiger partial charge in [0.15, 0.2) is 0 Å². The van der Waals surface area contributed by atoms with Crippen LogP contribution in [0.1, 0.15) is 39.5 Å². The summed E-state index contributed by atoms with van der Waals surface area (Å²) >= 11 is 0. The predicted octanol–water partition coefficient (Wildman–Crippen LogP) is 0.648. The van der Waals surface area contributed by atoms with Gasteiger partial charge in [0.25, 0.3) is 10.2 Å². The molecule has 0 aromatic carbocycles. The van der Waals surface area contributed by atoms with E-state index in [1.807, 2.05) is 6.92 Å². The molecule has 0 amide bonds. The van der Waals surface area contributed by atoms with Crippen molar-refractivity contribution in [1.82, 2.24) is 9.03 Å². The average molecular weight is 278 g/mol. The molecule has 0 aromatic rings. The fourth-order valence-corrected chi connectivity index (χ4v) is 3.50. The Morgan fingerprint density at radius 2 is 2.11 bits per heavy atom. The third-order valence-electron chi connectivity index (χ3n) is 2.86. The summed E-state index contributed by atoms with van der Waals surface area (Å²) in [6.07, 6.45) is 2.88. The second kappa shape index (κ2) is 7.06. The lowest BCUT2D eigenvalue weighted by Crippen LogP contribution is -2.52. The third kappa shape index (κ3) is 3.93. The van der Waals surface area contributed by atoms with Gasteiger partial charge in [0.05, 0.1) is 6.61 Å². The molecular weight excluding hydrogens is 256 g/mol. The van der Waals surface area contributed by atoms with E-state index < -0.39 is 22.2 Å². The van der Waals surface area contributed by atoms with Crippen LogP contribution in [0.4, 0.5) is 0 Å². The lowest BCUT2D eigenvalue weighted by molar-refractivity contribution is -0.148. The number of piperidine rings is 1. The number of nitrogens with zero attached hydrogens (tertiary/aromatic N) is 1. The zero-order valence-electron chi connectivity index (χ0n) is 11.0. The van der Waals surface area contributed by atoms with Crippen LogP contribution in [0.3, 0.4) is 0 Å². The molecule has 7 heteroatoms. The van der Waals surface area contributed by atoms with Crippen molar-refractivity contribution in [3.63, 3.8) is 0 Å². The summed E-state index contributed by atoms with van der Waals surface area (Å²) in [6.45, 7) is 4.64. The van der Waals surface area contributed by atoms with Crippen LogP contribution in [0.2, 0.25) is 0 Å². The van der Waals surface area contributed by atoms with Gasteiger partial charge in [0, 0.05) is 13.1 Å². The van der Waals surface area contributed by atoms with Gasteiger partial charge < -0.3 is 4.74 Å². The molecule has 0 aromatic heterocycles. The molecule has 0 bridgehead atoms. The zero-order chi connectivity index (χ0) is 13.6. The molecule has 1 rings (SSSR count). The standard InChI is InChI=1S/C11H22N2O4S/c1-3-8-12-18(15,16)13-9-6-5-7-10(13)11(14)17-4-2/h10,12H,3-9H2,1-2H3. The topological polar surface area (TPSA) is 75.7 Å². The Morgan fingerprint density at radius 3 is 2.72 bits per heavy atom. The maximum atomic E-state index is 12.1. The fourth-order valence-electron chi connectivity index (χ4n) is 1.98. The molecule has 0 radical (unpaired) electrons. The van der Waals surface area contributed by atoms with E-state index in [0.29, 0.717) is 19.5 Å². The molecule has 1 unspecified atom stereocenters. The number of rotatable bonds is 6. The smallest absolute Gasteiger partial charge is 0.324 e. The molecular formula is C11H22N2O4S. The maximum Gasteiger partial charge on any atom is 0.324 e. The number of carbonyl (C=O) groups excluding carboxylic acids is 1. The summed E-state index contributed by atoms with van der Waals surface area (Å²) in [5.74, 6) is -0.445. The summed E-state index contributed by atoms with van der Waals surface area (Å²) in [7, 11) is -3.58. The van der Waals surface area contributed by atoms with Crippen LogP contribution >= 0.6 is 0 Å². The van der Waals surface area contributed by atoms with Crippen molar-refractivity contribution >= 4 is 16.2 Å². The Hall–Kier alpha value is -0.660. The lowest BCUT2D eigenvalue weighted by atomic mass is 10.1. The Kier molecular flexibility index (Phi) is 6.04. The Labute approximate surface area is 109 Å². The molecule has 1 atom stereocenters. The maximum absolute atomic E-state index is 12.1. The first-order chi connectivity index (χ1) is 8.53. The van der Waals surface area contributed by atoms with Crippen LogP contribution in [0.15, 0.2) is 0 Å². The first kappa shape index (κ1) is 15.4. The van der Waals surface area contributed by atoms with E-state index >= 15 is 0 Å². The largest absolute Gasteiger partial charge is 0.465 e. The monoisotopic (exact) mass is 278 g/mol. The third-order valence-corrected chi connectivity index (χ3v) is 4.48. The molecule has 1 N–H and O–H groups in total. The van der Waals surface area contributed by atoms with Gasteiger partial charge in [-0.25, -0.2) is 4.72 Å². The van der Waals surface area contributed by atoms with E-state index in [2.05, 4.69) is 4.72 Å². The van der Waals surface area contributed by atoms with E-state index in [4.69, 9.17) is 4.74 Å². The molecule has 1 aliphatic rings. The lowest BCUT2D eigenvalue weighted by Gasteiger charge is -2.32. The number of carbonyl (C=O) groups is 1. The number of ether oxygens (including phenoxy) is 1. The summed E-state index contributed by atoms with van der Waals surface area (Å²) in [4.78, 5) is 11.8. The molecule has 1 aliphatic heterocycles. The summed E-state index contributed by atoms with van der Waals surface area (Å²) in [5.41, 5.74) is 0. The van der Waals surface area contributed by atoms with Crippen molar-refractivity contribution in [3.8, 4) is 0 Å². The van der Waals surface area contributed by atoms with Gasteiger partial charge in [0.2, 0.25) is 0 Å². The quantitative estimate of drug-likeness (QED) is 0.724. The Morgan fingerprint density at radius 1 is 1.39 bits per heavy atom. The fraction of sp³-hybridized carbons (Fsp3) is 0.909. The van der Waals surface area contributed by atoms with Crippen molar-refractivity contribution < 1.29 is 17.9 Å². The average Bonchev–Trinajstić information content (AvgIpc) is 2.37. The molecule has 1 heterocycles. The van der Waals surface area contributed by atoms with Gasteiger partial charge in [-0.05, 0) is 32.6 Å². The van der Waals surface area contributed by atoms with Gasteiger partial charge in [-0.15, -0.1) is 0 Å². The number of hydrogen-bond acceptors (Lipinski definition) is 4. The van der Waals surface area contributed by atoms with E-state index in [-0.39, 0.29) is 6.61 Å². The molecule has 6 nitrogen and oxygen atoms in total. The van der Waals surface area contributed by atoms with Crippen LogP contribution in [-0.4, -0.2) is 44.4 Å². The Bertz CT molecular complexity index is 369. The van der Waals surface area contributed by atoms with Crippen molar-refractivity contribution in [1.29, 1.82) is 0 Å². The van der Waals surface area contributed by atoms with Gasteiger partial charge in [-0.3, -0.25) is 4.79 Å². The van der Waals surface area contributed by atoms with Crippen molar-refractivity contribution in [3.05, 3.63) is 0 Å². The van der Waals surface area contributed by atoms with E-state index in [9.17, 15) is 13.2 Å². The minimum absolute atomic E-state index is 0.269. The first-order valence-corrected chi connectivity index (χ1v) is 7.90. The second-order valence-corrected chi connectivity index (χ2v) is 5.98. The van der Waals surface area contributed by atoms with Gasteiger partial charge in [0.1, 0.15) is 6.04 Å². The van der Waals surface area contributed by atoms with Crippen LogP contribution in [0.5, 0.6) is 0 Å². The molecule has 0 aliphatic carbocycles. The van der Waals surface area contributed by atoms with Crippen molar-refractivity contribution in [2.45, 2.75) is 45.6 Å². The highest BCUT2D eigenvalue weighted by Gasteiger charge is 2.37. The van der Waals surface area contributed by atoms with Crippen LogP contribution in [0.25, 0.3) is 0 Å². The molecule has 0 spiro atoms. The zero-order valence-corrected chi connectivity index (χ0v) is 11.8. The van der Waals surface area contributed by atoms with Crippen LogP contribution < -0.4 is 4.72 Å². The summed E-state index contributed by atoms with van der Waals surface area (Å²) < 4.78 is 32.8. The highest BCUT2D eigenvalue weighted by molar-refractivity contribution is 7.87. The number of nitrogens with one attached hydrogen (secondary N) is 1. The minimum atomic E-state index is -3.58. The van der Waals surface area contributed by atoms with Gasteiger partial charge in [-0.2, -0.15) is 12.7 Å². The molecule has 0 saturated carbocycles. The van der Waals surface area contributed by atoms with Gasteiger partial charge in [-0.1, -0.05) is 6.92 Å². The van der Waals surface area contributed by atoms with E-state index in [1.54, 1.807) is 6.92 Å². The van der Waals surface area contributed by atoms with Crippen molar-refractivity contribution in [2.75, 3.05) is 19.7 Å². The predicted molar refractivity (Wildman–Crippen MR) is 68.2 cm³/mol. The minimum Gasteiger partial charge on any atom is -0.465 e. The van der Waals surface area contributed by atoms with Gasteiger partial charge >= 0.3 is 5.97 Å². The molecule has 18 heavy (non-hydrogen) atoms.